The highest BCUT2D eigenvalue weighted by atomic mass is 16.7. The van der Waals surface area contributed by atoms with E-state index in [4.69, 9.17) is 9.47 Å². The maximum atomic E-state index is 13.1. The van der Waals surface area contributed by atoms with Gasteiger partial charge in [-0.25, -0.2) is 0 Å². The highest BCUT2D eigenvalue weighted by molar-refractivity contribution is 5.80. The molecule has 1 saturated heterocycles. The first-order chi connectivity index (χ1) is 31.7. The number of nitrogens with one attached hydrogen (secondary N) is 1. The quantitative estimate of drug-likeness (QED) is 0.0216. The van der Waals surface area contributed by atoms with E-state index in [1.54, 1.807) is 0 Å². The average Bonchev–Trinajstić information content (AvgIpc) is 3.31. The van der Waals surface area contributed by atoms with Crippen molar-refractivity contribution in [3.63, 3.8) is 0 Å². The molecule has 9 unspecified atom stereocenters. The van der Waals surface area contributed by atoms with Crippen LogP contribution >= 0.6 is 0 Å². The van der Waals surface area contributed by atoms with Crippen molar-refractivity contribution in [1.82, 2.24) is 5.32 Å². The Morgan fingerprint density at radius 1 is 0.538 bits per heavy atom. The van der Waals surface area contributed by atoms with Crippen molar-refractivity contribution in [1.29, 1.82) is 0 Å². The molecular weight excluding hydrogens is 823 g/mol. The van der Waals surface area contributed by atoms with Gasteiger partial charge in [-0.05, 0) is 96.3 Å². The van der Waals surface area contributed by atoms with Crippen LogP contribution in [-0.4, -0.2) is 110 Å². The Morgan fingerprint density at radius 3 is 1.49 bits per heavy atom. The van der Waals surface area contributed by atoms with Gasteiger partial charge in [0.25, 0.3) is 0 Å². The van der Waals surface area contributed by atoms with Crippen LogP contribution in [0.15, 0.2) is 60.8 Å². The summed E-state index contributed by atoms with van der Waals surface area (Å²) in [5.74, 6) is -0.723. The van der Waals surface area contributed by atoms with Crippen LogP contribution in [-0.2, 0) is 14.3 Å². The average molecular weight is 920 g/mol. The summed E-state index contributed by atoms with van der Waals surface area (Å²) in [5, 5.41) is 75.8. The molecule has 65 heavy (non-hydrogen) atoms. The number of unbranched alkanes of at least 4 members (excludes halogenated alkanes) is 21. The SMILES string of the molecule is CCCCC/C=C/CC/C=C/CC/C=C/CCCC(O)C(O)C(COC1OC(CO)C(O)C(O)C1O)NC(=O)C(O)CCCCCCCC/C=C\C/C=C\CCCCCCCCCCC. The van der Waals surface area contributed by atoms with Gasteiger partial charge in [0, 0.05) is 0 Å². The minimum atomic E-state index is -1.68. The van der Waals surface area contributed by atoms with E-state index in [0.717, 1.165) is 77.0 Å². The number of carbonyl (C=O) groups is 1. The molecular formula is C54H97NO10. The van der Waals surface area contributed by atoms with E-state index < -0.39 is 74.2 Å². The predicted octanol–water partition coefficient (Wildman–Crippen LogP) is 9.89. The first-order valence-corrected chi connectivity index (χ1v) is 26.2. The minimum absolute atomic E-state index is 0.235. The van der Waals surface area contributed by atoms with Crippen LogP contribution in [0, 0.1) is 0 Å². The van der Waals surface area contributed by atoms with Crippen LogP contribution in [0.5, 0.6) is 0 Å². The van der Waals surface area contributed by atoms with Crippen LogP contribution in [0.2, 0.25) is 0 Å². The van der Waals surface area contributed by atoms with Gasteiger partial charge in [0.05, 0.1) is 25.4 Å². The second kappa shape index (κ2) is 43.1. The summed E-state index contributed by atoms with van der Waals surface area (Å²) in [4.78, 5) is 13.1. The molecule has 0 spiro atoms. The zero-order chi connectivity index (χ0) is 47.6. The molecule has 1 heterocycles. The standard InChI is InChI=1S/C54H97NO10/c1-3-5-7-9-11-13-15-17-19-21-22-23-24-25-26-28-30-32-34-36-38-40-42-47(58)53(63)55-45(44-64-54-52(62)51(61)50(60)48(43-56)65-54)49(59)46(57)41-39-37-35-33-31-29-27-20-18-16-14-12-10-8-6-4-2/h12,14,20,22-23,25-27,33,35,45-52,54,56-62H,3-11,13,15-19,21,24,28-32,34,36-44H2,1-2H3,(H,55,63)/b14-12+,23-22-,26-25-,27-20+,35-33+. The number of allylic oxidation sites excluding steroid dienone is 10. The first kappa shape index (κ1) is 60.8. The third-order valence-corrected chi connectivity index (χ3v) is 12.2. The lowest BCUT2D eigenvalue weighted by Gasteiger charge is -2.40. The third kappa shape index (κ3) is 32.2. The monoisotopic (exact) mass is 920 g/mol. The number of aliphatic hydroxyl groups excluding tert-OH is 7. The van der Waals surface area contributed by atoms with Crippen LogP contribution < -0.4 is 5.32 Å². The molecule has 0 aliphatic carbocycles. The van der Waals surface area contributed by atoms with Gasteiger partial charge in [-0.3, -0.25) is 4.79 Å². The van der Waals surface area contributed by atoms with E-state index in [2.05, 4.69) is 79.9 Å². The largest absolute Gasteiger partial charge is 0.394 e. The molecule has 0 aromatic heterocycles. The van der Waals surface area contributed by atoms with Crippen LogP contribution in [0.25, 0.3) is 0 Å². The number of rotatable bonds is 43. The summed E-state index contributed by atoms with van der Waals surface area (Å²) in [6, 6.07) is -1.20. The number of aliphatic hydroxyl groups is 7. The molecule has 1 amide bonds. The van der Waals surface area contributed by atoms with E-state index in [9.17, 15) is 40.5 Å². The van der Waals surface area contributed by atoms with Crippen molar-refractivity contribution < 1.29 is 50.0 Å². The Labute approximate surface area is 395 Å². The summed E-state index contributed by atoms with van der Waals surface area (Å²) in [6.07, 6.45) is 42.6. The first-order valence-electron chi connectivity index (χ1n) is 26.2. The van der Waals surface area contributed by atoms with E-state index in [0.29, 0.717) is 19.3 Å². The third-order valence-electron chi connectivity index (χ3n) is 12.2. The molecule has 0 bridgehead atoms. The topological polar surface area (TPSA) is 189 Å². The van der Waals surface area contributed by atoms with Gasteiger partial charge >= 0.3 is 0 Å². The lowest BCUT2D eigenvalue weighted by Crippen LogP contribution is -2.60. The number of carbonyl (C=O) groups excluding carboxylic acids is 1. The summed E-state index contributed by atoms with van der Waals surface area (Å²) in [7, 11) is 0. The van der Waals surface area contributed by atoms with Crippen molar-refractivity contribution in [3.8, 4) is 0 Å². The summed E-state index contributed by atoms with van der Waals surface area (Å²) in [5.41, 5.74) is 0. The lowest BCUT2D eigenvalue weighted by molar-refractivity contribution is -0.303. The van der Waals surface area contributed by atoms with E-state index in [1.165, 1.54) is 83.5 Å². The maximum Gasteiger partial charge on any atom is 0.249 e. The van der Waals surface area contributed by atoms with Gasteiger partial charge in [0.2, 0.25) is 5.91 Å². The fraction of sp³-hybridized carbons (Fsp3) is 0.796. The van der Waals surface area contributed by atoms with Gasteiger partial charge in [0.1, 0.15) is 36.6 Å². The van der Waals surface area contributed by atoms with Gasteiger partial charge in [-0.2, -0.15) is 0 Å². The molecule has 0 aromatic rings. The molecule has 0 aromatic carbocycles. The molecule has 9 atom stereocenters. The second-order valence-corrected chi connectivity index (χ2v) is 18.2. The van der Waals surface area contributed by atoms with Crippen molar-refractivity contribution in [2.75, 3.05) is 13.2 Å². The van der Waals surface area contributed by atoms with Crippen molar-refractivity contribution in [3.05, 3.63) is 60.8 Å². The second-order valence-electron chi connectivity index (χ2n) is 18.2. The van der Waals surface area contributed by atoms with Crippen molar-refractivity contribution >= 4 is 5.91 Å². The molecule has 378 valence electrons. The number of hydrogen-bond donors (Lipinski definition) is 8. The van der Waals surface area contributed by atoms with E-state index in [1.807, 2.05) is 0 Å². The summed E-state index contributed by atoms with van der Waals surface area (Å²) in [6.45, 7) is 3.39. The number of amides is 1. The fourth-order valence-corrected chi connectivity index (χ4v) is 7.91. The highest BCUT2D eigenvalue weighted by Gasteiger charge is 2.44. The molecule has 8 N–H and O–H groups in total. The maximum absolute atomic E-state index is 13.1. The normalized spacial score (nSPS) is 21.4. The molecule has 1 aliphatic heterocycles. The van der Waals surface area contributed by atoms with Crippen LogP contribution in [0.3, 0.4) is 0 Å². The smallest absolute Gasteiger partial charge is 0.249 e. The van der Waals surface area contributed by atoms with Crippen LogP contribution in [0.1, 0.15) is 206 Å². The Hall–Kier alpha value is -2.19. The fourth-order valence-electron chi connectivity index (χ4n) is 7.91. The van der Waals surface area contributed by atoms with Crippen molar-refractivity contribution in [2.45, 2.75) is 262 Å². The van der Waals surface area contributed by atoms with Crippen molar-refractivity contribution in [2.24, 2.45) is 0 Å². The Morgan fingerprint density at radius 2 is 0.969 bits per heavy atom. The zero-order valence-corrected chi connectivity index (χ0v) is 41.0. The summed E-state index contributed by atoms with van der Waals surface area (Å²) >= 11 is 0. The van der Waals surface area contributed by atoms with Gasteiger partial charge in [-0.1, -0.05) is 171 Å². The van der Waals surface area contributed by atoms with E-state index in [-0.39, 0.29) is 12.8 Å². The molecule has 1 fully saturated rings. The van der Waals surface area contributed by atoms with Gasteiger partial charge in [-0.15, -0.1) is 0 Å². The Kier molecular flexibility index (Phi) is 40.3. The zero-order valence-electron chi connectivity index (χ0n) is 41.0. The molecule has 0 radical (unpaired) electrons. The Bertz CT molecular complexity index is 1240. The molecule has 11 nitrogen and oxygen atoms in total. The number of hydrogen-bond acceptors (Lipinski definition) is 10. The molecule has 0 saturated carbocycles. The highest BCUT2D eigenvalue weighted by Crippen LogP contribution is 2.23. The Balaban J connectivity index is 2.42. The van der Waals surface area contributed by atoms with Gasteiger partial charge in [0.15, 0.2) is 6.29 Å². The van der Waals surface area contributed by atoms with Gasteiger partial charge < -0.3 is 50.5 Å². The summed E-state index contributed by atoms with van der Waals surface area (Å²) < 4.78 is 11.1. The molecule has 11 heteroatoms. The molecule has 1 aliphatic rings. The minimum Gasteiger partial charge on any atom is -0.394 e. The lowest BCUT2D eigenvalue weighted by atomic mass is 9.98. The molecule has 1 rings (SSSR count). The van der Waals surface area contributed by atoms with Crippen LogP contribution in [0.4, 0.5) is 0 Å². The number of ether oxygens (including phenoxy) is 2. The predicted molar refractivity (Wildman–Crippen MR) is 265 cm³/mol. The van der Waals surface area contributed by atoms with E-state index >= 15 is 0 Å².